The maximum absolute atomic E-state index is 12.7. The summed E-state index contributed by atoms with van der Waals surface area (Å²) in [6.07, 6.45) is 0. The Kier molecular flexibility index (Phi) is 5.85. The summed E-state index contributed by atoms with van der Waals surface area (Å²) in [5, 5.41) is 11.0. The number of carbonyl (C=O) groups excluding carboxylic acids is 1. The van der Waals surface area contributed by atoms with Crippen LogP contribution in [0, 0.1) is 0 Å². The molecule has 3 rings (SSSR count). The van der Waals surface area contributed by atoms with Crippen LogP contribution in [0.2, 0.25) is 0 Å². The van der Waals surface area contributed by atoms with Crippen molar-refractivity contribution in [2.45, 2.75) is 11.4 Å². The first-order valence-corrected chi connectivity index (χ1v) is 10.7. The van der Waals surface area contributed by atoms with E-state index in [2.05, 4.69) is 4.90 Å². The molecular weight excluding hydrogens is 378 g/mol. The van der Waals surface area contributed by atoms with Crippen molar-refractivity contribution in [3.63, 3.8) is 0 Å². The highest BCUT2D eigenvalue weighted by Crippen LogP contribution is 2.30. The quantitative estimate of drug-likeness (QED) is 0.730. The van der Waals surface area contributed by atoms with E-state index in [1.165, 1.54) is 4.31 Å². The average Bonchev–Trinajstić information content (AvgIpc) is 2.68. The summed E-state index contributed by atoms with van der Waals surface area (Å²) in [6, 6.07) is 14.8. The van der Waals surface area contributed by atoms with Crippen LogP contribution in [0.5, 0.6) is 0 Å². The molecule has 3 N–H and O–H groups in total. The Bertz CT molecular complexity index is 924. The van der Waals surface area contributed by atoms with E-state index in [0.29, 0.717) is 42.9 Å². The highest BCUT2D eigenvalue weighted by atomic mass is 32.2. The zero-order chi connectivity index (χ0) is 20.4. The second-order valence-electron chi connectivity index (χ2n) is 7.10. The minimum Gasteiger partial charge on any atom is -0.372 e. The molecule has 1 amide bonds. The second kappa shape index (κ2) is 8.00. The molecule has 2 aromatic rings. The van der Waals surface area contributed by atoms with Gasteiger partial charge in [-0.1, -0.05) is 54.6 Å². The zero-order valence-corrected chi connectivity index (χ0v) is 16.6. The van der Waals surface area contributed by atoms with E-state index in [9.17, 15) is 18.3 Å². The summed E-state index contributed by atoms with van der Waals surface area (Å²) >= 11 is 0. The zero-order valence-electron chi connectivity index (χ0n) is 15.8. The van der Waals surface area contributed by atoms with E-state index in [1.54, 1.807) is 54.6 Å². The van der Waals surface area contributed by atoms with Gasteiger partial charge in [-0.05, 0) is 23.7 Å². The van der Waals surface area contributed by atoms with Gasteiger partial charge in [0.05, 0.1) is 5.75 Å². The Morgan fingerprint density at radius 2 is 1.54 bits per heavy atom. The van der Waals surface area contributed by atoms with Gasteiger partial charge in [-0.25, -0.2) is 8.42 Å². The van der Waals surface area contributed by atoms with Crippen molar-refractivity contribution < 1.29 is 18.3 Å². The van der Waals surface area contributed by atoms with Gasteiger partial charge in [0, 0.05) is 26.2 Å². The number of aliphatic hydroxyl groups is 1. The van der Waals surface area contributed by atoms with Crippen LogP contribution in [0.4, 0.5) is 0 Å². The maximum atomic E-state index is 12.7. The number of hydrogen-bond donors (Lipinski definition) is 2. The number of nitrogens with two attached hydrogens (primary N) is 1. The molecule has 1 aliphatic heterocycles. The van der Waals surface area contributed by atoms with Gasteiger partial charge in [-0.2, -0.15) is 4.31 Å². The topological polar surface area (TPSA) is 104 Å². The smallest absolute Gasteiger partial charge is 0.258 e. The van der Waals surface area contributed by atoms with E-state index in [0.717, 1.165) is 0 Å². The van der Waals surface area contributed by atoms with Crippen LogP contribution in [0.1, 0.15) is 16.7 Å². The Morgan fingerprint density at radius 3 is 2.07 bits per heavy atom. The lowest BCUT2D eigenvalue weighted by molar-refractivity contribution is -0.133. The molecule has 1 aliphatic rings. The van der Waals surface area contributed by atoms with Crippen molar-refractivity contribution in [3.8, 4) is 0 Å². The second-order valence-corrected chi connectivity index (χ2v) is 9.07. The molecule has 0 saturated carbocycles. The fraction of sp³-hybridized carbons (Fsp3) is 0.350. The third-order valence-electron chi connectivity index (χ3n) is 5.12. The molecule has 0 aliphatic carbocycles. The molecule has 2 aromatic carbocycles. The summed E-state index contributed by atoms with van der Waals surface area (Å²) in [7, 11) is -1.46. The summed E-state index contributed by atoms with van der Waals surface area (Å²) in [5.74, 6) is -1.02. The molecule has 0 radical (unpaired) electrons. The predicted octanol–water partition coefficient (Wildman–Crippen LogP) is 0.485. The molecule has 0 spiro atoms. The van der Waals surface area contributed by atoms with Crippen LogP contribution in [-0.2, 0) is 26.2 Å². The molecule has 150 valence electrons. The number of rotatable bonds is 6. The summed E-state index contributed by atoms with van der Waals surface area (Å²) in [6.45, 7) is 2.38. The van der Waals surface area contributed by atoms with Gasteiger partial charge in [0.1, 0.15) is 0 Å². The summed E-state index contributed by atoms with van der Waals surface area (Å²) in [5.41, 5.74) is 4.76. The molecule has 0 bridgehead atoms. The molecule has 8 heteroatoms. The number of carbonyl (C=O) groups is 1. The van der Waals surface area contributed by atoms with Crippen molar-refractivity contribution in [2.24, 2.45) is 5.73 Å². The lowest BCUT2D eigenvalue weighted by Crippen LogP contribution is -2.47. The van der Waals surface area contributed by atoms with Gasteiger partial charge < -0.3 is 15.7 Å². The number of sulfonamides is 1. The van der Waals surface area contributed by atoms with E-state index in [4.69, 9.17) is 5.73 Å². The Labute approximate surface area is 165 Å². The van der Waals surface area contributed by atoms with Crippen LogP contribution in [0.3, 0.4) is 0 Å². The number of amides is 1. The predicted molar refractivity (Wildman–Crippen MR) is 107 cm³/mol. The SMILES string of the molecule is CN1CCN(S(=O)(=O)Cc2ccc(C(O)(C(N)=O)c3ccccc3)cc2)CC1. The third-order valence-corrected chi connectivity index (χ3v) is 6.97. The largest absolute Gasteiger partial charge is 0.372 e. The molecule has 1 saturated heterocycles. The number of nitrogens with zero attached hydrogens (tertiary/aromatic N) is 2. The molecule has 28 heavy (non-hydrogen) atoms. The van der Waals surface area contributed by atoms with Crippen molar-refractivity contribution in [1.82, 2.24) is 9.21 Å². The molecule has 7 nitrogen and oxygen atoms in total. The van der Waals surface area contributed by atoms with Crippen LogP contribution in [0.15, 0.2) is 54.6 Å². The summed E-state index contributed by atoms with van der Waals surface area (Å²) < 4.78 is 26.8. The average molecular weight is 404 g/mol. The van der Waals surface area contributed by atoms with E-state index >= 15 is 0 Å². The Morgan fingerprint density at radius 1 is 1.00 bits per heavy atom. The molecule has 1 atom stereocenters. The van der Waals surface area contributed by atoms with Crippen LogP contribution in [-0.4, -0.2) is 61.9 Å². The highest BCUT2D eigenvalue weighted by molar-refractivity contribution is 7.88. The van der Waals surface area contributed by atoms with Crippen molar-refractivity contribution in [1.29, 1.82) is 0 Å². The van der Waals surface area contributed by atoms with Gasteiger partial charge in [0.15, 0.2) is 5.60 Å². The fourth-order valence-corrected chi connectivity index (χ4v) is 4.86. The number of likely N-dealkylation sites (N-methyl/N-ethyl adjacent to an activating group) is 1. The third kappa shape index (κ3) is 4.10. The molecule has 0 aromatic heterocycles. The van der Waals surface area contributed by atoms with Crippen molar-refractivity contribution in [2.75, 3.05) is 33.2 Å². The normalized spacial score (nSPS) is 18.5. The maximum Gasteiger partial charge on any atom is 0.258 e. The first-order chi connectivity index (χ1) is 13.2. The standard InChI is InChI=1S/C20H25N3O4S/c1-22-11-13-23(14-12-22)28(26,27)15-16-7-9-18(10-8-16)20(25,19(21)24)17-5-3-2-4-6-17/h2-10,25H,11-15H2,1H3,(H2,21,24). The van der Waals surface area contributed by atoms with Gasteiger partial charge in [0.2, 0.25) is 10.0 Å². The van der Waals surface area contributed by atoms with Gasteiger partial charge in [-0.3, -0.25) is 4.79 Å². The highest BCUT2D eigenvalue weighted by Gasteiger charge is 2.38. The fourth-order valence-electron chi connectivity index (χ4n) is 3.34. The van der Waals surface area contributed by atoms with E-state index in [-0.39, 0.29) is 5.75 Å². The number of hydrogen-bond acceptors (Lipinski definition) is 5. The number of benzene rings is 2. The molecule has 1 heterocycles. The van der Waals surface area contributed by atoms with Crippen LogP contribution >= 0.6 is 0 Å². The van der Waals surface area contributed by atoms with Gasteiger partial charge in [0.25, 0.3) is 5.91 Å². The summed E-state index contributed by atoms with van der Waals surface area (Å²) in [4.78, 5) is 14.1. The van der Waals surface area contributed by atoms with E-state index < -0.39 is 21.5 Å². The lowest BCUT2D eigenvalue weighted by atomic mass is 9.85. The Balaban J connectivity index is 1.82. The Hall–Kier alpha value is -2.26. The molecule has 1 fully saturated rings. The minimum atomic E-state index is -3.42. The van der Waals surface area contributed by atoms with E-state index in [1.807, 2.05) is 7.05 Å². The minimum absolute atomic E-state index is 0.128. The first kappa shape index (κ1) is 20.5. The van der Waals surface area contributed by atoms with Crippen LogP contribution in [0.25, 0.3) is 0 Å². The molecular formula is C20H25N3O4S. The monoisotopic (exact) mass is 403 g/mol. The lowest BCUT2D eigenvalue weighted by Gasteiger charge is -2.31. The molecule has 1 unspecified atom stereocenters. The van der Waals surface area contributed by atoms with Crippen LogP contribution < -0.4 is 5.73 Å². The van der Waals surface area contributed by atoms with Gasteiger partial charge >= 0.3 is 0 Å². The van der Waals surface area contributed by atoms with Gasteiger partial charge in [-0.15, -0.1) is 0 Å². The van der Waals surface area contributed by atoms with Crippen molar-refractivity contribution in [3.05, 3.63) is 71.3 Å². The number of primary amides is 1. The number of piperazine rings is 1. The first-order valence-electron chi connectivity index (χ1n) is 9.07. The van der Waals surface area contributed by atoms with Crippen molar-refractivity contribution >= 4 is 15.9 Å².